The van der Waals surface area contributed by atoms with Crippen LogP contribution in [0.4, 0.5) is 0 Å². The fourth-order valence-electron chi connectivity index (χ4n) is 1.60. The third kappa shape index (κ3) is 5.75. The van der Waals surface area contributed by atoms with E-state index >= 15 is 0 Å². The van der Waals surface area contributed by atoms with Gasteiger partial charge in [-0.1, -0.05) is 0 Å². The summed E-state index contributed by atoms with van der Waals surface area (Å²) in [6.45, 7) is 5.62. The van der Waals surface area contributed by atoms with Gasteiger partial charge in [-0.15, -0.1) is 0 Å². The van der Waals surface area contributed by atoms with Gasteiger partial charge in [-0.25, -0.2) is 0 Å². The topological polar surface area (TPSA) is 65.9 Å². The lowest BCUT2D eigenvalue weighted by molar-refractivity contribution is 0.410. The molecule has 1 aromatic carbocycles. The number of ether oxygens (including phenoxy) is 1. The number of aliphatic imine (C=N–C) groups is 1. The number of phenolic OH excluding ortho intramolecular Hbond substituents is 1. The number of phenols is 1. The van der Waals surface area contributed by atoms with Crippen molar-refractivity contribution in [3.05, 3.63) is 23.8 Å². The molecule has 0 saturated carbocycles. The van der Waals surface area contributed by atoms with E-state index in [0.717, 1.165) is 17.9 Å². The monoisotopic (exact) mass is 311 g/mol. The molecule has 0 aliphatic heterocycles. The number of aromatic hydroxyl groups is 1. The summed E-state index contributed by atoms with van der Waals surface area (Å²) in [5, 5.41) is 16.3. The van der Waals surface area contributed by atoms with Crippen LogP contribution in [0.1, 0.15) is 19.4 Å². The van der Waals surface area contributed by atoms with Crippen molar-refractivity contribution in [3.63, 3.8) is 0 Å². The predicted molar refractivity (Wildman–Crippen MR) is 90.5 cm³/mol. The van der Waals surface area contributed by atoms with Gasteiger partial charge in [-0.2, -0.15) is 11.8 Å². The maximum absolute atomic E-state index is 9.85. The molecule has 118 valence electrons. The van der Waals surface area contributed by atoms with Crippen molar-refractivity contribution >= 4 is 17.7 Å². The number of nitrogens with zero attached hydrogens (tertiary/aromatic N) is 1. The maximum Gasteiger partial charge on any atom is 0.191 e. The van der Waals surface area contributed by atoms with E-state index in [-0.39, 0.29) is 10.5 Å². The SMILES string of the molecule is CN=C(NCc1cc(OC)ccc1O)NCC(C)(C)SC. The Balaban J connectivity index is 2.60. The van der Waals surface area contributed by atoms with Crippen LogP contribution < -0.4 is 15.4 Å². The predicted octanol–water partition coefficient (Wildman–Crippen LogP) is 2.21. The number of guanidine groups is 1. The van der Waals surface area contributed by atoms with Crippen molar-refractivity contribution in [2.24, 2.45) is 4.99 Å². The number of hydrogen-bond acceptors (Lipinski definition) is 4. The molecule has 0 heterocycles. The van der Waals surface area contributed by atoms with E-state index in [2.05, 4.69) is 35.7 Å². The third-order valence-electron chi connectivity index (χ3n) is 3.19. The second kappa shape index (κ2) is 8.02. The van der Waals surface area contributed by atoms with Crippen LogP contribution in [0.15, 0.2) is 23.2 Å². The van der Waals surface area contributed by atoms with Crippen LogP contribution in [-0.4, -0.2) is 42.8 Å². The lowest BCUT2D eigenvalue weighted by Gasteiger charge is -2.23. The summed E-state index contributed by atoms with van der Waals surface area (Å²) < 4.78 is 5.30. The van der Waals surface area contributed by atoms with E-state index in [1.165, 1.54) is 0 Å². The van der Waals surface area contributed by atoms with Crippen molar-refractivity contribution in [3.8, 4) is 11.5 Å². The second-order valence-corrected chi connectivity index (χ2v) is 6.75. The Morgan fingerprint density at radius 1 is 1.38 bits per heavy atom. The molecule has 21 heavy (non-hydrogen) atoms. The average molecular weight is 311 g/mol. The normalized spacial score (nSPS) is 12.1. The van der Waals surface area contributed by atoms with Crippen LogP contribution >= 0.6 is 11.8 Å². The van der Waals surface area contributed by atoms with Gasteiger partial charge in [0.05, 0.1) is 7.11 Å². The standard InChI is InChI=1S/C15H25N3O2S/c1-15(2,21-5)10-18-14(16-3)17-9-11-8-12(20-4)6-7-13(11)19/h6-8,19H,9-10H2,1-5H3,(H2,16,17,18). The summed E-state index contributed by atoms with van der Waals surface area (Å²) >= 11 is 1.80. The van der Waals surface area contributed by atoms with E-state index in [1.807, 2.05) is 0 Å². The first-order valence-corrected chi connectivity index (χ1v) is 8.00. The number of benzene rings is 1. The zero-order valence-corrected chi connectivity index (χ0v) is 14.2. The lowest BCUT2D eigenvalue weighted by Crippen LogP contribution is -2.42. The van der Waals surface area contributed by atoms with Crippen molar-refractivity contribution in [1.82, 2.24) is 10.6 Å². The Bertz CT molecular complexity index is 490. The highest BCUT2D eigenvalue weighted by Crippen LogP contribution is 2.22. The summed E-state index contributed by atoms with van der Waals surface area (Å²) in [7, 11) is 3.33. The third-order valence-corrected chi connectivity index (χ3v) is 4.44. The molecule has 0 saturated heterocycles. The summed E-state index contributed by atoms with van der Waals surface area (Å²) in [5.41, 5.74) is 0.765. The maximum atomic E-state index is 9.85. The Kier molecular flexibility index (Phi) is 6.68. The average Bonchev–Trinajstić information content (AvgIpc) is 2.49. The first-order valence-electron chi connectivity index (χ1n) is 6.77. The van der Waals surface area contributed by atoms with Crippen molar-refractivity contribution in [1.29, 1.82) is 0 Å². The minimum absolute atomic E-state index is 0.135. The zero-order chi connectivity index (χ0) is 15.9. The lowest BCUT2D eigenvalue weighted by atomic mass is 10.2. The van der Waals surface area contributed by atoms with Crippen LogP contribution in [0.2, 0.25) is 0 Å². The van der Waals surface area contributed by atoms with E-state index < -0.39 is 0 Å². The molecule has 1 aromatic rings. The summed E-state index contributed by atoms with van der Waals surface area (Å²) in [5.74, 6) is 1.67. The molecular formula is C15H25N3O2S. The minimum Gasteiger partial charge on any atom is -0.508 e. The highest BCUT2D eigenvalue weighted by Gasteiger charge is 2.16. The van der Waals surface area contributed by atoms with E-state index in [4.69, 9.17) is 4.74 Å². The molecule has 0 aliphatic rings. The fourth-order valence-corrected chi connectivity index (χ4v) is 1.82. The molecule has 1 rings (SSSR count). The second-order valence-electron chi connectivity index (χ2n) is 5.24. The molecule has 0 unspecified atom stereocenters. The van der Waals surface area contributed by atoms with Crippen LogP contribution in [0.3, 0.4) is 0 Å². The molecule has 3 N–H and O–H groups in total. The smallest absolute Gasteiger partial charge is 0.191 e. The van der Waals surface area contributed by atoms with Crippen LogP contribution in [0.25, 0.3) is 0 Å². The quantitative estimate of drug-likeness (QED) is 0.555. The van der Waals surface area contributed by atoms with Gasteiger partial charge >= 0.3 is 0 Å². The van der Waals surface area contributed by atoms with Gasteiger partial charge in [0.2, 0.25) is 0 Å². The van der Waals surface area contributed by atoms with E-state index in [9.17, 15) is 5.11 Å². The summed E-state index contributed by atoms with van der Waals surface area (Å²) in [6, 6.07) is 5.16. The molecule has 0 bridgehead atoms. The molecule has 0 amide bonds. The van der Waals surface area contributed by atoms with Crippen molar-refractivity contribution in [2.45, 2.75) is 25.1 Å². The van der Waals surface area contributed by atoms with Crippen LogP contribution in [0, 0.1) is 0 Å². The van der Waals surface area contributed by atoms with Gasteiger partial charge in [0.1, 0.15) is 11.5 Å². The van der Waals surface area contributed by atoms with Gasteiger partial charge in [0.25, 0.3) is 0 Å². The fraction of sp³-hybridized carbons (Fsp3) is 0.533. The number of thioether (sulfide) groups is 1. The molecule has 0 radical (unpaired) electrons. The minimum atomic E-state index is 0.135. The molecular weight excluding hydrogens is 286 g/mol. The van der Waals surface area contributed by atoms with Gasteiger partial charge in [0.15, 0.2) is 5.96 Å². The van der Waals surface area contributed by atoms with Gasteiger partial charge in [-0.3, -0.25) is 4.99 Å². The summed E-state index contributed by atoms with van der Waals surface area (Å²) in [4.78, 5) is 4.19. The van der Waals surface area contributed by atoms with Crippen molar-refractivity contribution in [2.75, 3.05) is 27.0 Å². The van der Waals surface area contributed by atoms with Gasteiger partial charge in [-0.05, 0) is 38.3 Å². The Labute approximate surface area is 131 Å². The van der Waals surface area contributed by atoms with Crippen LogP contribution in [0.5, 0.6) is 11.5 Å². The molecule has 5 nitrogen and oxygen atoms in total. The Hall–Kier alpha value is -1.56. The van der Waals surface area contributed by atoms with Gasteiger partial charge in [0, 0.05) is 30.4 Å². The Morgan fingerprint density at radius 2 is 2.10 bits per heavy atom. The first kappa shape index (κ1) is 17.5. The number of methoxy groups -OCH3 is 1. The number of rotatable bonds is 6. The van der Waals surface area contributed by atoms with E-state index in [1.54, 1.807) is 44.1 Å². The summed E-state index contributed by atoms with van der Waals surface area (Å²) in [6.07, 6.45) is 2.09. The molecule has 0 fully saturated rings. The van der Waals surface area contributed by atoms with Crippen molar-refractivity contribution < 1.29 is 9.84 Å². The van der Waals surface area contributed by atoms with Crippen LogP contribution in [-0.2, 0) is 6.54 Å². The first-order chi connectivity index (χ1) is 9.91. The molecule has 6 heteroatoms. The largest absolute Gasteiger partial charge is 0.508 e. The Morgan fingerprint density at radius 3 is 2.67 bits per heavy atom. The molecule has 0 spiro atoms. The molecule has 0 aromatic heterocycles. The molecule has 0 atom stereocenters. The highest BCUT2D eigenvalue weighted by atomic mass is 32.2. The number of nitrogens with one attached hydrogen (secondary N) is 2. The van der Waals surface area contributed by atoms with Gasteiger partial charge < -0.3 is 20.5 Å². The zero-order valence-electron chi connectivity index (χ0n) is 13.4. The highest BCUT2D eigenvalue weighted by molar-refractivity contribution is 7.99. The molecule has 0 aliphatic carbocycles. The van der Waals surface area contributed by atoms with E-state index in [0.29, 0.717) is 12.5 Å². The number of hydrogen-bond donors (Lipinski definition) is 3.